The molecule has 2 aromatic rings. The van der Waals surface area contributed by atoms with Gasteiger partial charge in [-0.3, -0.25) is 9.59 Å². The molecule has 0 fully saturated rings. The van der Waals surface area contributed by atoms with Crippen LogP contribution in [0.1, 0.15) is 5.56 Å². The van der Waals surface area contributed by atoms with Crippen LogP contribution in [0.15, 0.2) is 36.5 Å². The summed E-state index contributed by atoms with van der Waals surface area (Å²) in [6, 6.07) is 7.72. The lowest BCUT2D eigenvalue weighted by Gasteiger charge is -1.95. The molecule has 1 heterocycles. The van der Waals surface area contributed by atoms with Crippen molar-refractivity contribution in [3.63, 3.8) is 0 Å². The molecule has 1 amide bonds. The summed E-state index contributed by atoms with van der Waals surface area (Å²) in [7, 11) is 0. The Bertz CT molecular complexity index is 613. The number of rotatable bonds is 4. The number of carbonyl (C=O) groups is 2. The second kappa shape index (κ2) is 5.18. The van der Waals surface area contributed by atoms with Gasteiger partial charge in [-0.25, -0.2) is 0 Å². The van der Waals surface area contributed by atoms with E-state index in [0.717, 1.165) is 16.5 Å². The lowest BCUT2D eigenvalue weighted by Crippen LogP contribution is -2.27. The van der Waals surface area contributed by atoms with Gasteiger partial charge in [0, 0.05) is 23.2 Å². The van der Waals surface area contributed by atoms with Gasteiger partial charge in [0.25, 0.3) is 0 Å². The molecule has 0 unspecified atom stereocenters. The van der Waals surface area contributed by atoms with E-state index in [2.05, 4.69) is 10.3 Å². The smallest absolute Gasteiger partial charge is 0.322 e. The molecule has 0 atom stereocenters. The van der Waals surface area contributed by atoms with Crippen molar-refractivity contribution in [1.82, 2.24) is 10.3 Å². The molecule has 1 aromatic heterocycles. The van der Waals surface area contributed by atoms with E-state index in [1.54, 1.807) is 12.3 Å². The normalized spacial score (nSPS) is 10.9. The zero-order valence-electron chi connectivity index (χ0n) is 9.51. The van der Waals surface area contributed by atoms with E-state index in [9.17, 15) is 9.59 Å². The van der Waals surface area contributed by atoms with Gasteiger partial charge in [-0.05, 0) is 17.7 Å². The molecule has 18 heavy (non-hydrogen) atoms. The van der Waals surface area contributed by atoms with E-state index >= 15 is 0 Å². The summed E-state index contributed by atoms with van der Waals surface area (Å²) in [6.07, 6.45) is 4.76. The maximum atomic E-state index is 11.3. The number of amides is 1. The molecule has 3 N–H and O–H groups in total. The second-order valence-electron chi connectivity index (χ2n) is 3.73. The van der Waals surface area contributed by atoms with Gasteiger partial charge in [-0.2, -0.15) is 0 Å². The van der Waals surface area contributed by atoms with Crippen molar-refractivity contribution < 1.29 is 14.7 Å². The molecule has 2 rings (SSSR count). The largest absolute Gasteiger partial charge is 0.480 e. The van der Waals surface area contributed by atoms with Crippen molar-refractivity contribution in [1.29, 1.82) is 0 Å². The first-order valence-electron chi connectivity index (χ1n) is 5.40. The molecule has 0 aliphatic heterocycles. The summed E-state index contributed by atoms with van der Waals surface area (Å²) in [6.45, 7) is -0.378. The van der Waals surface area contributed by atoms with E-state index in [1.165, 1.54) is 6.08 Å². The third kappa shape index (κ3) is 2.76. The Morgan fingerprint density at radius 3 is 2.89 bits per heavy atom. The van der Waals surface area contributed by atoms with E-state index in [4.69, 9.17) is 5.11 Å². The number of fused-ring (bicyclic) bond motifs is 1. The van der Waals surface area contributed by atoms with E-state index in [0.29, 0.717) is 0 Å². The Labute approximate surface area is 103 Å². The Kier molecular flexibility index (Phi) is 3.43. The molecule has 5 heteroatoms. The van der Waals surface area contributed by atoms with Crippen LogP contribution in [0.4, 0.5) is 0 Å². The van der Waals surface area contributed by atoms with Crippen molar-refractivity contribution in [2.75, 3.05) is 6.54 Å². The van der Waals surface area contributed by atoms with Crippen LogP contribution in [0.3, 0.4) is 0 Å². The van der Waals surface area contributed by atoms with E-state index < -0.39 is 11.9 Å². The van der Waals surface area contributed by atoms with Crippen LogP contribution in [0.2, 0.25) is 0 Å². The molecule has 0 spiro atoms. The number of carboxylic acid groups (broad SMARTS) is 1. The van der Waals surface area contributed by atoms with Crippen LogP contribution < -0.4 is 5.32 Å². The van der Waals surface area contributed by atoms with Gasteiger partial charge in [0.15, 0.2) is 0 Å². The molecule has 0 aliphatic rings. The molecular formula is C13H12N2O3. The minimum atomic E-state index is -1.07. The maximum absolute atomic E-state index is 11.3. The Morgan fingerprint density at radius 2 is 2.11 bits per heavy atom. The highest BCUT2D eigenvalue weighted by Crippen LogP contribution is 2.18. The predicted molar refractivity (Wildman–Crippen MR) is 68.0 cm³/mol. The van der Waals surface area contributed by atoms with Crippen molar-refractivity contribution in [2.24, 2.45) is 0 Å². The van der Waals surface area contributed by atoms with Crippen molar-refractivity contribution in [3.05, 3.63) is 42.1 Å². The third-order valence-electron chi connectivity index (χ3n) is 2.45. The summed E-state index contributed by atoms with van der Waals surface area (Å²) in [4.78, 5) is 24.7. The summed E-state index contributed by atoms with van der Waals surface area (Å²) < 4.78 is 0. The van der Waals surface area contributed by atoms with Gasteiger partial charge in [0.2, 0.25) is 5.91 Å². The number of benzene rings is 1. The van der Waals surface area contributed by atoms with Gasteiger partial charge >= 0.3 is 5.97 Å². The number of aromatic amines is 1. The molecule has 0 saturated carbocycles. The molecule has 0 aliphatic carbocycles. The zero-order valence-corrected chi connectivity index (χ0v) is 9.51. The number of aromatic nitrogens is 1. The number of carboxylic acids is 1. The van der Waals surface area contributed by atoms with Crippen molar-refractivity contribution in [3.8, 4) is 0 Å². The van der Waals surface area contributed by atoms with Crippen LogP contribution in [0.5, 0.6) is 0 Å². The monoisotopic (exact) mass is 244 g/mol. The van der Waals surface area contributed by atoms with Crippen LogP contribution in [-0.2, 0) is 9.59 Å². The fourth-order valence-corrected chi connectivity index (χ4v) is 1.62. The van der Waals surface area contributed by atoms with Gasteiger partial charge in [-0.15, -0.1) is 0 Å². The fraction of sp³-hybridized carbons (Fsp3) is 0.0769. The molecule has 1 aromatic carbocycles. The minimum Gasteiger partial charge on any atom is -0.480 e. The first kappa shape index (κ1) is 11.9. The molecule has 0 bridgehead atoms. The van der Waals surface area contributed by atoms with Crippen LogP contribution in [0, 0.1) is 0 Å². The standard InChI is InChI=1S/C13H12N2O3/c16-12(15-8-13(17)18)6-5-9-7-14-11-4-2-1-3-10(9)11/h1-7,14H,8H2,(H,15,16)(H,17,18)/b6-5-. The summed E-state index contributed by atoms with van der Waals surface area (Å²) in [5.74, 6) is -1.49. The SMILES string of the molecule is O=C(O)CNC(=O)/C=C\c1c[nH]c2ccccc12. The quantitative estimate of drug-likeness (QED) is 0.710. The first-order chi connectivity index (χ1) is 8.66. The number of para-hydroxylation sites is 1. The summed E-state index contributed by atoms with van der Waals surface area (Å²) in [5.41, 5.74) is 1.87. The topological polar surface area (TPSA) is 82.2 Å². The number of carbonyl (C=O) groups excluding carboxylic acids is 1. The average molecular weight is 244 g/mol. The number of hydrogen-bond acceptors (Lipinski definition) is 2. The first-order valence-corrected chi connectivity index (χ1v) is 5.40. The van der Waals surface area contributed by atoms with Gasteiger partial charge in [-0.1, -0.05) is 18.2 Å². The van der Waals surface area contributed by atoms with Crippen molar-refractivity contribution in [2.45, 2.75) is 0 Å². The summed E-state index contributed by atoms with van der Waals surface area (Å²) in [5, 5.41) is 11.7. The Morgan fingerprint density at radius 1 is 1.33 bits per heavy atom. The number of nitrogens with one attached hydrogen (secondary N) is 2. The third-order valence-corrected chi connectivity index (χ3v) is 2.45. The average Bonchev–Trinajstić information content (AvgIpc) is 2.77. The van der Waals surface area contributed by atoms with E-state index in [1.807, 2.05) is 24.3 Å². The van der Waals surface area contributed by atoms with Crippen LogP contribution in [-0.4, -0.2) is 28.5 Å². The van der Waals surface area contributed by atoms with Crippen LogP contribution >= 0.6 is 0 Å². The molecule has 0 saturated heterocycles. The molecule has 0 radical (unpaired) electrons. The highest BCUT2D eigenvalue weighted by atomic mass is 16.4. The zero-order chi connectivity index (χ0) is 13.0. The lowest BCUT2D eigenvalue weighted by molar-refractivity contribution is -0.137. The van der Waals surface area contributed by atoms with Gasteiger partial charge in [0.05, 0.1) is 0 Å². The predicted octanol–water partition coefficient (Wildman–Crippen LogP) is 1.38. The molecule has 5 nitrogen and oxygen atoms in total. The number of H-pyrrole nitrogens is 1. The highest BCUT2D eigenvalue weighted by molar-refractivity contribution is 5.97. The number of hydrogen-bond donors (Lipinski definition) is 3. The Balaban J connectivity index is 2.09. The highest BCUT2D eigenvalue weighted by Gasteiger charge is 2.01. The lowest BCUT2D eigenvalue weighted by atomic mass is 10.1. The Hall–Kier alpha value is -2.56. The fourth-order valence-electron chi connectivity index (χ4n) is 1.62. The van der Waals surface area contributed by atoms with Gasteiger partial charge < -0.3 is 15.4 Å². The molecular weight excluding hydrogens is 232 g/mol. The number of aliphatic carboxylic acids is 1. The van der Waals surface area contributed by atoms with E-state index in [-0.39, 0.29) is 6.54 Å². The molecule has 92 valence electrons. The summed E-state index contributed by atoms with van der Waals surface area (Å²) >= 11 is 0. The van der Waals surface area contributed by atoms with Gasteiger partial charge in [0.1, 0.15) is 6.54 Å². The van der Waals surface area contributed by atoms with Crippen molar-refractivity contribution >= 4 is 28.9 Å². The maximum Gasteiger partial charge on any atom is 0.322 e. The second-order valence-corrected chi connectivity index (χ2v) is 3.73. The minimum absolute atomic E-state index is 0.378. The van der Waals surface area contributed by atoms with Crippen LogP contribution in [0.25, 0.3) is 17.0 Å².